The average Bonchev–Trinajstić information content (AvgIpc) is 2.44. The molecule has 0 saturated carbocycles. The molecule has 1 atom stereocenters. The highest BCUT2D eigenvalue weighted by Crippen LogP contribution is 2.28. The first-order valence-electron chi connectivity index (χ1n) is 7.28. The number of nitrogens with one attached hydrogen (secondary N) is 1. The lowest BCUT2D eigenvalue weighted by Gasteiger charge is -2.22. The highest BCUT2D eigenvalue weighted by atomic mass is 79.9. The lowest BCUT2D eigenvalue weighted by atomic mass is 9.94. The van der Waals surface area contributed by atoms with Crippen LogP contribution in [0, 0.1) is 19.7 Å². The van der Waals surface area contributed by atoms with Crippen molar-refractivity contribution < 1.29 is 4.39 Å². The summed E-state index contributed by atoms with van der Waals surface area (Å²) in [4.78, 5) is 0. The summed E-state index contributed by atoms with van der Waals surface area (Å²) in [6.07, 6.45) is 1.06. The van der Waals surface area contributed by atoms with Crippen LogP contribution < -0.4 is 5.32 Å². The number of hydrogen-bond acceptors (Lipinski definition) is 1. The maximum absolute atomic E-state index is 13.5. The smallest absolute Gasteiger partial charge is 0.126 e. The van der Waals surface area contributed by atoms with E-state index >= 15 is 0 Å². The standard InChI is InChI=1S/C18H21BrFN/c1-4-9-21-18(14-5-8-17(20)13(3)10-14)16-7-6-15(19)11-12(16)2/h5-8,10-11,18,21H,4,9H2,1-3H3. The normalized spacial score (nSPS) is 12.4. The zero-order valence-corrected chi connectivity index (χ0v) is 14.3. The van der Waals surface area contributed by atoms with E-state index in [0.717, 1.165) is 23.0 Å². The fourth-order valence-corrected chi connectivity index (χ4v) is 2.98. The molecular formula is C18H21BrFN. The van der Waals surface area contributed by atoms with Crippen LogP contribution >= 0.6 is 15.9 Å². The Hall–Kier alpha value is -1.19. The van der Waals surface area contributed by atoms with Gasteiger partial charge in [-0.1, -0.05) is 41.1 Å². The SMILES string of the molecule is CCCNC(c1ccc(F)c(C)c1)c1ccc(Br)cc1C. The molecule has 2 rings (SSSR count). The first kappa shape index (κ1) is 16.2. The molecule has 2 aromatic rings. The van der Waals surface area contributed by atoms with Gasteiger partial charge in [0.05, 0.1) is 6.04 Å². The third kappa shape index (κ3) is 3.92. The average molecular weight is 350 g/mol. The Morgan fingerprint density at radius 2 is 1.86 bits per heavy atom. The molecule has 21 heavy (non-hydrogen) atoms. The molecule has 0 bridgehead atoms. The number of aryl methyl sites for hydroxylation is 2. The predicted molar refractivity (Wildman–Crippen MR) is 90.2 cm³/mol. The Kier molecular flexibility index (Phi) is 5.54. The van der Waals surface area contributed by atoms with Crippen molar-refractivity contribution in [2.75, 3.05) is 6.54 Å². The Balaban J connectivity index is 2.44. The number of rotatable bonds is 5. The molecule has 0 radical (unpaired) electrons. The van der Waals surface area contributed by atoms with Crippen LogP contribution in [0.2, 0.25) is 0 Å². The van der Waals surface area contributed by atoms with E-state index in [2.05, 4.69) is 53.3 Å². The van der Waals surface area contributed by atoms with Gasteiger partial charge in [-0.15, -0.1) is 0 Å². The van der Waals surface area contributed by atoms with Gasteiger partial charge in [0.1, 0.15) is 5.82 Å². The molecule has 1 unspecified atom stereocenters. The van der Waals surface area contributed by atoms with Crippen LogP contribution in [0.5, 0.6) is 0 Å². The topological polar surface area (TPSA) is 12.0 Å². The van der Waals surface area contributed by atoms with Gasteiger partial charge in [0.25, 0.3) is 0 Å². The third-order valence-corrected chi connectivity index (χ3v) is 4.15. The highest BCUT2D eigenvalue weighted by Gasteiger charge is 2.16. The number of halogens is 2. The van der Waals surface area contributed by atoms with Gasteiger partial charge in [-0.25, -0.2) is 4.39 Å². The molecule has 0 aliphatic carbocycles. The van der Waals surface area contributed by atoms with Crippen molar-refractivity contribution >= 4 is 15.9 Å². The lowest BCUT2D eigenvalue weighted by Crippen LogP contribution is -2.24. The van der Waals surface area contributed by atoms with Crippen molar-refractivity contribution in [2.24, 2.45) is 0 Å². The summed E-state index contributed by atoms with van der Waals surface area (Å²) < 4.78 is 14.6. The van der Waals surface area contributed by atoms with Gasteiger partial charge in [-0.3, -0.25) is 0 Å². The Labute approximate surface area is 134 Å². The van der Waals surface area contributed by atoms with Gasteiger partial charge in [0.15, 0.2) is 0 Å². The molecule has 0 heterocycles. The second-order valence-electron chi connectivity index (χ2n) is 5.40. The maximum Gasteiger partial charge on any atom is 0.126 e. The van der Waals surface area contributed by atoms with E-state index in [4.69, 9.17) is 0 Å². The van der Waals surface area contributed by atoms with E-state index in [9.17, 15) is 4.39 Å². The van der Waals surface area contributed by atoms with Gasteiger partial charge in [0.2, 0.25) is 0 Å². The molecule has 0 saturated heterocycles. The van der Waals surface area contributed by atoms with Crippen LogP contribution in [0.15, 0.2) is 40.9 Å². The quantitative estimate of drug-likeness (QED) is 0.772. The second-order valence-corrected chi connectivity index (χ2v) is 6.31. The van der Waals surface area contributed by atoms with Crippen LogP contribution in [0.25, 0.3) is 0 Å². The molecule has 0 aliphatic heterocycles. The van der Waals surface area contributed by atoms with Crippen LogP contribution in [-0.4, -0.2) is 6.54 Å². The van der Waals surface area contributed by atoms with Crippen molar-refractivity contribution in [1.29, 1.82) is 0 Å². The van der Waals surface area contributed by atoms with E-state index in [-0.39, 0.29) is 11.9 Å². The van der Waals surface area contributed by atoms with Crippen molar-refractivity contribution in [2.45, 2.75) is 33.2 Å². The molecule has 0 amide bonds. The summed E-state index contributed by atoms with van der Waals surface area (Å²) in [7, 11) is 0. The third-order valence-electron chi connectivity index (χ3n) is 3.66. The van der Waals surface area contributed by atoms with Crippen molar-refractivity contribution in [1.82, 2.24) is 5.32 Å². The molecule has 0 spiro atoms. The van der Waals surface area contributed by atoms with Crippen LogP contribution in [0.4, 0.5) is 4.39 Å². The fourth-order valence-electron chi connectivity index (χ4n) is 2.51. The van der Waals surface area contributed by atoms with E-state index in [1.807, 2.05) is 19.1 Å². The minimum Gasteiger partial charge on any atom is -0.306 e. The van der Waals surface area contributed by atoms with Crippen molar-refractivity contribution in [3.63, 3.8) is 0 Å². The first-order valence-corrected chi connectivity index (χ1v) is 8.07. The predicted octanol–water partition coefficient (Wildman–Crippen LogP) is 5.29. The Bertz CT molecular complexity index is 625. The molecule has 0 fully saturated rings. The van der Waals surface area contributed by atoms with Crippen LogP contribution in [0.1, 0.15) is 41.6 Å². The maximum atomic E-state index is 13.5. The van der Waals surface area contributed by atoms with Crippen LogP contribution in [-0.2, 0) is 0 Å². The molecule has 3 heteroatoms. The Morgan fingerprint density at radius 3 is 2.48 bits per heavy atom. The van der Waals surface area contributed by atoms with E-state index in [0.29, 0.717) is 5.56 Å². The van der Waals surface area contributed by atoms with Gasteiger partial charge in [0, 0.05) is 4.47 Å². The summed E-state index contributed by atoms with van der Waals surface area (Å²) >= 11 is 3.51. The molecular weight excluding hydrogens is 329 g/mol. The van der Waals surface area contributed by atoms with E-state index < -0.39 is 0 Å². The minimum absolute atomic E-state index is 0.0948. The molecule has 112 valence electrons. The minimum atomic E-state index is -0.152. The number of hydrogen-bond donors (Lipinski definition) is 1. The summed E-state index contributed by atoms with van der Waals surface area (Å²) in [6, 6.07) is 11.8. The van der Waals surface area contributed by atoms with Crippen LogP contribution in [0.3, 0.4) is 0 Å². The van der Waals surface area contributed by atoms with Gasteiger partial charge >= 0.3 is 0 Å². The van der Waals surface area contributed by atoms with Crippen molar-refractivity contribution in [3.8, 4) is 0 Å². The lowest BCUT2D eigenvalue weighted by molar-refractivity contribution is 0.588. The monoisotopic (exact) mass is 349 g/mol. The van der Waals surface area contributed by atoms with Gasteiger partial charge in [-0.05, 0) is 67.3 Å². The molecule has 1 N–H and O–H groups in total. The molecule has 1 nitrogen and oxygen atoms in total. The molecule has 0 aromatic heterocycles. The fraction of sp³-hybridized carbons (Fsp3) is 0.333. The summed E-state index contributed by atoms with van der Waals surface area (Å²) in [5.74, 6) is -0.152. The number of benzene rings is 2. The molecule has 0 aliphatic rings. The summed E-state index contributed by atoms with van der Waals surface area (Å²) in [6.45, 7) is 6.99. The largest absolute Gasteiger partial charge is 0.306 e. The van der Waals surface area contributed by atoms with Gasteiger partial charge < -0.3 is 5.32 Å². The summed E-state index contributed by atoms with van der Waals surface area (Å²) in [5, 5.41) is 3.57. The molecule has 2 aromatic carbocycles. The van der Waals surface area contributed by atoms with Crippen molar-refractivity contribution in [3.05, 3.63) is 68.9 Å². The zero-order valence-electron chi connectivity index (χ0n) is 12.7. The highest BCUT2D eigenvalue weighted by molar-refractivity contribution is 9.10. The van der Waals surface area contributed by atoms with Gasteiger partial charge in [-0.2, -0.15) is 0 Å². The second kappa shape index (κ2) is 7.19. The van der Waals surface area contributed by atoms with E-state index in [1.54, 1.807) is 6.07 Å². The summed E-state index contributed by atoms with van der Waals surface area (Å²) in [5.41, 5.74) is 4.25. The van der Waals surface area contributed by atoms with E-state index in [1.165, 1.54) is 11.1 Å². The first-order chi connectivity index (χ1) is 10.0. The Morgan fingerprint density at radius 1 is 1.10 bits per heavy atom. The zero-order chi connectivity index (χ0) is 15.4.